The molecule has 0 saturated heterocycles. The molecule has 1 aromatic carbocycles. The monoisotopic (exact) mass is 353 g/mol. The number of aromatic amines is 1. The summed E-state index contributed by atoms with van der Waals surface area (Å²) in [6.45, 7) is -0.125. The van der Waals surface area contributed by atoms with Gasteiger partial charge in [0.15, 0.2) is 12.4 Å². The number of methoxy groups -OCH3 is 1. The highest BCUT2D eigenvalue weighted by Gasteiger charge is 2.19. The largest absolute Gasteiger partial charge is 0.465 e. The average molecular weight is 353 g/mol. The highest BCUT2D eigenvalue weighted by Crippen LogP contribution is 2.30. The molecule has 26 heavy (non-hydrogen) atoms. The number of aryl methyl sites for hydroxylation is 2. The standard InChI is InChI=1S/C20H19NO5/c1-24-20(23)14-8-9-25-18(14)11-26-19(22)12-6-7-17-15(10-12)13-4-2-3-5-16(13)21-17/h6-10,21H,2-5,11H2,1H3. The molecule has 0 fully saturated rings. The lowest BCUT2D eigenvalue weighted by Crippen LogP contribution is -2.08. The number of nitrogens with one attached hydrogen (secondary N) is 1. The molecule has 1 aliphatic rings. The third-order valence-corrected chi connectivity index (χ3v) is 4.82. The number of esters is 2. The number of benzene rings is 1. The smallest absolute Gasteiger partial charge is 0.341 e. The van der Waals surface area contributed by atoms with Crippen LogP contribution in [0.15, 0.2) is 34.9 Å². The summed E-state index contributed by atoms with van der Waals surface area (Å²) in [4.78, 5) is 27.5. The summed E-state index contributed by atoms with van der Waals surface area (Å²) in [7, 11) is 1.29. The minimum atomic E-state index is -0.523. The van der Waals surface area contributed by atoms with E-state index in [0.717, 1.165) is 23.7 Å². The molecule has 2 aromatic heterocycles. The van der Waals surface area contributed by atoms with E-state index in [1.807, 2.05) is 12.1 Å². The predicted molar refractivity (Wildman–Crippen MR) is 94.1 cm³/mol. The summed E-state index contributed by atoms with van der Waals surface area (Å²) in [6.07, 6.45) is 5.82. The molecule has 6 nitrogen and oxygen atoms in total. The van der Waals surface area contributed by atoms with Crippen LogP contribution in [0.25, 0.3) is 10.9 Å². The van der Waals surface area contributed by atoms with Crippen LogP contribution in [-0.4, -0.2) is 24.0 Å². The van der Waals surface area contributed by atoms with Crippen molar-refractivity contribution in [1.82, 2.24) is 4.98 Å². The zero-order chi connectivity index (χ0) is 18.1. The molecule has 2 heterocycles. The molecule has 1 aliphatic carbocycles. The van der Waals surface area contributed by atoms with E-state index in [9.17, 15) is 9.59 Å². The number of carbonyl (C=O) groups excluding carboxylic acids is 2. The Morgan fingerprint density at radius 2 is 2.00 bits per heavy atom. The SMILES string of the molecule is COC(=O)c1ccoc1COC(=O)c1ccc2[nH]c3c(c2c1)CCCC3. The number of furan rings is 1. The van der Waals surface area contributed by atoms with Gasteiger partial charge in [0.1, 0.15) is 5.56 Å². The van der Waals surface area contributed by atoms with Crippen molar-refractivity contribution >= 4 is 22.8 Å². The van der Waals surface area contributed by atoms with E-state index in [-0.39, 0.29) is 17.9 Å². The van der Waals surface area contributed by atoms with Crippen LogP contribution >= 0.6 is 0 Å². The van der Waals surface area contributed by atoms with Crippen LogP contribution in [0.3, 0.4) is 0 Å². The molecule has 6 heteroatoms. The van der Waals surface area contributed by atoms with Crippen molar-refractivity contribution in [3.63, 3.8) is 0 Å². The summed E-state index contributed by atoms with van der Waals surface area (Å²) < 4.78 is 15.2. The topological polar surface area (TPSA) is 81.5 Å². The van der Waals surface area contributed by atoms with Crippen molar-refractivity contribution in [1.29, 1.82) is 0 Å². The molecular weight excluding hydrogens is 334 g/mol. The predicted octanol–water partition coefficient (Wildman–Crippen LogP) is 3.78. The first-order valence-corrected chi connectivity index (χ1v) is 8.62. The fraction of sp³-hybridized carbons (Fsp3) is 0.300. The van der Waals surface area contributed by atoms with Crippen LogP contribution in [0.2, 0.25) is 0 Å². The number of ether oxygens (including phenoxy) is 2. The van der Waals surface area contributed by atoms with Gasteiger partial charge in [-0.2, -0.15) is 0 Å². The number of hydrogen-bond acceptors (Lipinski definition) is 5. The highest BCUT2D eigenvalue weighted by molar-refractivity contribution is 5.96. The Balaban J connectivity index is 1.53. The molecule has 0 atom stereocenters. The summed E-state index contributed by atoms with van der Waals surface area (Å²) in [5, 5.41) is 1.09. The lowest BCUT2D eigenvalue weighted by atomic mass is 9.95. The van der Waals surface area contributed by atoms with Gasteiger partial charge in [-0.05, 0) is 55.5 Å². The van der Waals surface area contributed by atoms with Gasteiger partial charge in [-0.25, -0.2) is 9.59 Å². The van der Waals surface area contributed by atoms with Crippen molar-refractivity contribution in [2.24, 2.45) is 0 Å². The molecule has 0 amide bonds. The Labute approximate surface area is 150 Å². The van der Waals surface area contributed by atoms with Crippen LogP contribution in [0.1, 0.15) is 50.6 Å². The van der Waals surface area contributed by atoms with Gasteiger partial charge in [0, 0.05) is 16.6 Å². The third kappa shape index (κ3) is 2.87. The first-order valence-electron chi connectivity index (χ1n) is 8.62. The van der Waals surface area contributed by atoms with Crippen LogP contribution < -0.4 is 0 Å². The quantitative estimate of drug-likeness (QED) is 0.722. The zero-order valence-corrected chi connectivity index (χ0v) is 14.5. The Morgan fingerprint density at radius 3 is 2.85 bits per heavy atom. The molecule has 0 saturated carbocycles. The second kappa shape index (κ2) is 6.71. The van der Waals surface area contributed by atoms with Crippen molar-refractivity contribution in [3.05, 3.63) is 58.7 Å². The van der Waals surface area contributed by atoms with E-state index in [4.69, 9.17) is 9.15 Å². The van der Waals surface area contributed by atoms with E-state index < -0.39 is 11.9 Å². The Kier molecular flexibility index (Phi) is 4.24. The molecule has 3 aromatic rings. The number of H-pyrrole nitrogens is 1. The van der Waals surface area contributed by atoms with Gasteiger partial charge in [0.2, 0.25) is 0 Å². The lowest BCUT2D eigenvalue weighted by Gasteiger charge is -2.10. The Morgan fingerprint density at radius 1 is 1.15 bits per heavy atom. The van der Waals surface area contributed by atoms with Gasteiger partial charge in [-0.15, -0.1) is 0 Å². The lowest BCUT2D eigenvalue weighted by molar-refractivity contribution is 0.0432. The van der Waals surface area contributed by atoms with Crippen LogP contribution in [0.4, 0.5) is 0 Å². The zero-order valence-electron chi connectivity index (χ0n) is 14.5. The van der Waals surface area contributed by atoms with Gasteiger partial charge in [0.05, 0.1) is 18.9 Å². The highest BCUT2D eigenvalue weighted by atomic mass is 16.5. The molecule has 0 bridgehead atoms. The van der Waals surface area contributed by atoms with E-state index in [1.54, 1.807) is 6.07 Å². The van der Waals surface area contributed by atoms with Crippen LogP contribution in [0, 0.1) is 0 Å². The number of rotatable bonds is 4. The number of aromatic nitrogens is 1. The Hall–Kier alpha value is -3.02. The molecule has 4 rings (SSSR count). The number of carbonyl (C=O) groups is 2. The fourth-order valence-corrected chi connectivity index (χ4v) is 3.49. The normalized spacial score (nSPS) is 13.4. The first kappa shape index (κ1) is 16.4. The molecule has 0 aliphatic heterocycles. The minimum Gasteiger partial charge on any atom is -0.465 e. The average Bonchev–Trinajstić information content (AvgIpc) is 3.29. The van der Waals surface area contributed by atoms with E-state index in [0.29, 0.717) is 5.56 Å². The van der Waals surface area contributed by atoms with Gasteiger partial charge in [0.25, 0.3) is 0 Å². The molecule has 0 unspecified atom stereocenters. The number of hydrogen-bond donors (Lipinski definition) is 1. The molecule has 0 radical (unpaired) electrons. The van der Waals surface area contributed by atoms with Gasteiger partial charge < -0.3 is 18.9 Å². The van der Waals surface area contributed by atoms with Gasteiger partial charge in [-0.3, -0.25) is 0 Å². The van der Waals surface area contributed by atoms with E-state index in [2.05, 4.69) is 9.72 Å². The summed E-state index contributed by atoms with van der Waals surface area (Å²) in [5.74, 6) is -0.708. The summed E-state index contributed by atoms with van der Waals surface area (Å²) >= 11 is 0. The fourth-order valence-electron chi connectivity index (χ4n) is 3.49. The molecule has 1 N–H and O–H groups in total. The number of fused-ring (bicyclic) bond motifs is 3. The van der Waals surface area contributed by atoms with Gasteiger partial charge in [-0.1, -0.05) is 0 Å². The molecule has 0 spiro atoms. The Bertz CT molecular complexity index is 981. The van der Waals surface area contributed by atoms with Crippen molar-refractivity contribution in [3.8, 4) is 0 Å². The maximum atomic E-state index is 12.4. The van der Waals surface area contributed by atoms with Crippen molar-refractivity contribution in [2.45, 2.75) is 32.3 Å². The van der Waals surface area contributed by atoms with Crippen LogP contribution in [0.5, 0.6) is 0 Å². The van der Waals surface area contributed by atoms with E-state index >= 15 is 0 Å². The molecular formula is C20H19NO5. The minimum absolute atomic E-state index is 0.125. The van der Waals surface area contributed by atoms with E-state index in [1.165, 1.54) is 43.5 Å². The summed E-state index contributed by atoms with van der Waals surface area (Å²) in [6, 6.07) is 7.03. The second-order valence-corrected chi connectivity index (χ2v) is 6.37. The maximum Gasteiger partial charge on any atom is 0.341 e. The van der Waals surface area contributed by atoms with Crippen LogP contribution in [-0.2, 0) is 28.9 Å². The second-order valence-electron chi connectivity index (χ2n) is 6.37. The first-order chi connectivity index (χ1) is 12.7. The van der Waals surface area contributed by atoms with Crippen molar-refractivity contribution in [2.75, 3.05) is 7.11 Å². The van der Waals surface area contributed by atoms with Crippen molar-refractivity contribution < 1.29 is 23.5 Å². The third-order valence-electron chi connectivity index (χ3n) is 4.82. The molecule has 134 valence electrons. The summed E-state index contributed by atoms with van der Waals surface area (Å²) in [5.41, 5.74) is 4.37. The van der Waals surface area contributed by atoms with Gasteiger partial charge >= 0.3 is 11.9 Å². The maximum absolute atomic E-state index is 12.4.